The van der Waals surface area contributed by atoms with Gasteiger partial charge in [0.15, 0.2) is 0 Å². The Bertz CT molecular complexity index is 243. The van der Waals surface area contributed by atoms with Gasteiger partial charge in [0.25, 0.3) is 0 Å². The Morgan fingerprint density at radius 3 is 2.31 bits per heavy atom. The van der Waals surface area contributed by atoms with E-state index in [4.69, 9.17) is 0 Å². The number of anilines is 1. The molecule has 0 spiro atoms. The fraction of sp³-hybridized carbons (Fsp3) is 0.600. The number of aromatic nitrogens is 2. The largest absolute Gasteiger partial charge is 0.341 e. The van der Waals surface area contributed by atoms with Crippen LogP contribution in [-0.4, -0.2) is 23.1 Å². The summed E-state index contributed by atoms with van der Waals surface area (Å²) in [5, 5.41) is 0. The summed E-state index contributed by atoms with van der Waals surface area (Å²) in [5.41, 5.74) is 1.11. The van der Waals surface area contributed by atoms with Crippen molar-refractivity contribution in [2.75, 3.05) is 18.0 Å². The van der Waals surface area contributed by atoms with Gasteiger partial charge in [0, 0.05) is 25.5 Å². The van der Waals surface area contributed by atoms with Crippen LogP contribution in [0.1, 0.15) is 25.8 Å². The molecule has 0 N–H and O–H groups in total. The summed E-state index contributed by atoms with van der Waals surface area (Å²) in [6.07, 6.45) is 4.85. The summed E-state index contributed by atoms with van der Waals surface area (Å²) >= 11 is 0. The predicted molar refractivity (Wildman–Crippen MR) is 54.9 cm³/mol. The summed E-state index contributed by atoms with van der Waals surface area (Å²) in [5.74, 6) is 0.843. The van der Waals surface area contributed by atoms with Gasteiger partial charge in [0.05, 0.1) is 0 Å². The first-order valence-corrected chi connectivity index (χ1v) is 4.81. The van der Waals surface area contributed by atoms with Crippen molar-refractivity contribution in [1.29, 1.82) is 0 Å². The first-order valence-electron chi connectivity index (χ1n) is 4.81. The normalized spacial score (nSPS) is 10.1. The van der Waals surface area contributed by atoms with Crippen LogP contribution in [-0.2, 0) is 0 Å². The van der Waals surface area contributed by atoms with Crippen LogP contribution in [0.15, 0.2) is 12.4 Å². The van der Waals surface area contributed by atoms with Crippen LogP contribution in [0.5, 0.6) is 0 Å². The molecular weight excluding hydrogens is 162 g/mol. The van der Waals surface area contributed by atoms with E-state index in [-0.39, 0.29) is 0 Å². The number of nitrogens with zero attached hydrogens (tertiary/aromatic N) is 3. The molecule has 1 rings (SSSR count). The van der Waals surface area contributed by atoms with Crippen LogP contribution in [0.25, 0.3) is 0 Å². The van der Waals surface area contributed by atoms with Crippen molar-refractivity contribution in [3.8, 4) is 0 Å². The van der Waals surface area contributed by atoms with Crippen LogP contribution in [0.2, 0.25) is 0 Å². The van der Waals surface area contributed by atoms with Crippen molar-refractivity contribution in [1.82, 2.24) is 9.97 Å². The molecule has 0 saturated carbocycles. The quantitative estimate of drug-likeness (QED) is 0.708. The molecule has 0 aromatic carbocycles. The standard InChI is InChI=1S/C10H17N3/c1-4-6-13(5-2)10-11-7-9(3)8-12-10/h7-8H,4-6H2,1-3H3. The van der Waals surface area contributed by atoms with Crippen molar-refractivity contribution in [2.24, 2.45) is 0 Å². The van der Waals surface area contributed by atoms with Gasteiger partial charge in [-0.2, -0.15) is 0 Å². The highest BCUT2D eigenvalue weighted by atomic mass is 15.2. The van der Waals surface area contributed by atoms with Crippen LogP contribution in [0, 0.1) is 6.92 Å². The van der Waals surface area contributed by atoms with Gasteiger partial charge in [0.2, 0.25) is 5.95 Å². The number of aryl methyl sites for hydroxylation is 1. The van der Waals surface area contributed by atoms with Crippen LogP contribution < -0.4 is 4.90 Å². The van der Waals surface area contributed by atoms with Crippen molar-refractivity contribution in [3.63, 3.8) is 0 Å². The first-order chi connectivity index (χ1) is 6.27. The summed E-state index contributed by atoms with van der Waals surface area (Å²) in [4.78, 5) is 10.7. The summed E-state index contributed by atoms with van der Waals surface area (Å²) in [7, 11) is 0. The highest BCUT2D eigenvalue weighted by Crippen LogP contribution is 2.06. The molecule has 0 radical (unpaired) electrons. The third-order valence-corrected chi connectivity index (χ3v) is 1.93. The second-order valence-electron chi connectivity index (χ2n) is 3.14. The number of hydrogen-bond acceptors (Lipinski definition) is 3. The monoisotopic (exact) mass is 179 g/mol. The van der Waals surface area contributed by atoms with E-state index in [0.29, 0.717) is 0 Å². The Balaban J connectivity index is 2.73. The fourth-order valence-corrected chi connectivity index (χ4v) is 1.22. The molecule has 3 heteroatoms. The molecule has 1 heterocycles. The zero-order valence-electron chi connectivity index (χ0n) is 8.62. The molecule has 1 aromatic heterocycles. The molecule has 1 aromatic rings. The minimum atomic E-state index is 0.843. The molecule has 0 aliphatic heterocycles. The van der Waals surface area contributed by atoms with E-state index in [9.17, 15) is 0 Å². The average Bonchev–Trinajstić information content (AvgIpc) is 2.16. The van der Waals surface area contributed by atoms with Crippen molar-refractivity contribution in [2.45, 2.75) is 27.2 Å². The Morgan fingerprint density at radius 1 is 1.23 bits per heavy atom. The van der Waals surface area contributed by atoms with E-state index < -0.39 is 0 Å². The van der Waals surface area contributed by atoms with Crippen LogP contribution in [0.3, 0.4) is 0 Å². The zero-order chi connectivity index (χ0) is 9.68. The molecule has 0 fully saturated rings. The summed E-state index contributed by atoms with van der Waals surface area (Å²) in [6.45, 7) is 8.28. The molecule has 72 valence electrons. The second kappa shape index (κ2) is 4.80. The lowest BCUT2D eigenvalue weighted by Crippen LogP contribution is -2.25. The summed E-state index contributed by atoms with van der Waals surface area (Å²) in [6, 6.07) is 0. The lowest BCUT2D eigenvalue weighted by molar-refractivity contribution is 0.761. The Hall–Kier alpha value is -1.12. The molecule has 0 aliphatic carbocycles. The van der Waals surface area contributed by atoms with Gasteiger partial charge in [0.1, 0.15) is 0 Å². The van der Waals surface area contributed by atoms with Crippen LogP contribution in [0.4, 0.5) is 5.95 Å². The van der Waals surface area contributed by atoms with Gasteiger partial charge in [-0.15, -0.1) is 0 Å². The van der Waals surface area contributed by atoms with Gasteiger partial charge in [-0.25, -0.2) is 9.97 Å². The zero-order valence-corrected chi connectivity index (χ0v) is 8.62. The maximum Gasteiger partial charge on any atom is 0.225 e. The fourth-order valence-electron chi connectivity index (χ4n) is 1.22. The van der Waals surface area contributed by atoms with E-state index in [1.54, 1.807) is 0 Å². The molecular formula is C10H17N3. The Morgan fingerprint density at radius 2 is 1.85 bits per heavy atom. The van der Waals surface area contributed by atoms with Crippen LogP contribution >= 0.6 is 0 Å². The molecule has 0 atom stereocenters. The van der Waals surface area contributed by atoms with E-state index in [1.807, 2.05) is 19.3 Å². The smallest absolute Gasteiger partial charge is 0.225 e. The molecule has 0 saturated heterocycles. The van der Waals surface area contributed by atoms with Gasteiger partial charge < -0.3 is 4.90 Å². The average molecular weight is 179 g/mol. The number of rotatable bonds is 4. The van der Waals surface area contributed by atoms with Gasteiger partial charge in [-0.3, -0.25) is 0 Å². The van der Waals surface area contributed by atoms with Gasteiger partial charge in [-0.05, 0) is 25.8 Å². The van der Waals surface area contributed by atoms with Crippen molar-refractivity contribution in [3.05, 3.63) is 18.0 Å². The predicted octanol–water partition coefficient (Wildman–Crippen LogP) is 2.02. The maximum atomic E-state index is 4.28. The highest BCUT2D eigenvalue weighted by molar-refractivity contribution is 5.28. The molecule has 3 nitrogen and oxygen atoms in total. The highest BCUT2D eigenvalue weighted by Gasteiger charge is 2.04. The Kier molecular flexibility index (Phi) is 3.68. The molecule has 0 aliphatic rings. The molecule has 13 heavy (non-hydrogen) atoms. The third kappa shape index (κ3) is 2.68. The summed E-state index contributed by atoms with van der Waals surface area (Å²) < 4.78 is 0. The van der Waals surface area contributed by atoms with E-state index >= 15 is 0 Å². The Labute approximate surface area is 79.8 Å². The number of hydrogen-bond donors (Lipinski definition) is 0. The third-order valence-electron chi connectivity index (χ3n) is 1.93. The van der Waals surface area contributed by atoms with Gasteiger partial charge >= 0.3 is 0 Å². The van der Waals surface area contributed by atoms with E-state index in [2.05, 4.69) is 28.7 Å². The molecule has 0 unspecified atom stereocenters. The lowest BCUT2D eigenvalue weighted by Gasteiger charge is -2.19. The maximum absolute atomic E-state index is 4.28. The SMILES string of the molecule is CCCN(CC)c1ncc(C)cn1. The second-order valence-corrected chi connectivity index (χ2v) is 3.14. The van der Waals surface area contributed by atoms with E-state index in [0.717, 1.165) is 31.0 Å². The minimum Gasteiger partial charge on any atom is -0.341 e. The minimum absolute atomic E-state index is 0.843. The molecule has 0 bridgehead atoms. The van der Waals surface area contributed by atoms with Gasteiger partial charge in [-0.1, -0.05) is 6.92 Å². The van der Waals surface area contributed by atoms with E-state index in [1.165, 1.54) is 0 Å². The lowest BCUT2D eigenvalue weighted by atomic mass is 10.4. The topological polar surface area (TPSA) is 29.0 Å². The van der Waals surface area contributed by atoms with Crippen molar-refractivity contribution >= 4 is 5.95 Å². The van der Waals surface area contributed by atoms with Crippen molar-refractivity contribution < 1.29 is 0 Å². The first kappa shape index (κ1) is 9.96. The molecule has 0 amide bonds.